The summed E-state index contributed by atoms with van der Waals surface area (Å²) < 4.78 is 24.8. The standard InChI is InChI=1S/C17H27N3O3S/c1-14(2)12-20(24(3,22)23)13-17(21)18-15-6-8-16(9-7-15)19-10-4-5-11-19/h6-9,14H,4-5,10-13H2,1-3H3,(H,18,21). The highest BCUT2D eigenvalue weighted by Crippen LogP contribution is 2.22. The number of carbonyl (C=O) groups is 1. The molecule has 0 bridgehead atoms. The molecule has 24 heavy (non-hydrogen) atoms. The molecule has 0 spiro atoms. The third-order valence-electron chi connectivity index (χ3n) is 3.98. The van der Waals surface area contributed by atoms with Crippen LogP contribution in [0, 0.1) is 5.92 Å². The Bertz CT molecular complexity index is 650. The third-order valence-corrected chi connectivity index (χ3v) is 5.20. The molecular weight excluding hydrogens is 326 g/mol. The second-order valence-corrected chi connectivity index (χ2v) is 8.72. The summed E-state index contributed by atoms with van der Waals surface area (Å²) in [5.41, 5.74) is 1.84. The van der Waals surface area contributed by atoms with Gasteiger partial charge in [0.2, 0.25) is 15.9 Å². The molecule has 1 amide bonds. The van der Waals surface area contributed by atoms with Gasteiger partial charge in [0.1, 0.15) is 0 Å². The molecule has 0 aliphatic carbocycles. The largest absolute Gasteiger partial charge is 0.372 e. The van der Waals surface area contributed by atoms with Crippen molar-refractivity contribution in [1.82, 2.24) is 4.31 Å². The van der Waals surface area contributed by atoms with Gasteiger partial charge in [-0.3, -0.25) is 4.79 Å². The molecule has 1 aromatic carbocycles. The summed E-state index contributed by atoms with van der Waals surface area (Å²) in [6, 6.07) is 7.70. The predicted octanol–water partition coefficient (Wildman–Crippen LogP) is 2.14. The zero-order valence-corrected chi connectivity index (χ0v) is 15.5. The van der Waals surface area contributed by atoms with E-state index >= 15 is 0 Å². The van der Waals surface area contributed by atoms with Crippen molar-refractivity contribution in [3.05, 3.63) is 24.3 Å². The number of amides is 1. The first-order valence-electron chi connectivity index (χ1n) is 8.35. The van der Waals surface area contributed by atoms with E-state index < -0.39 is 10.0 Å². The molecule has 1 aromatic rings. The van der Waals surface area contributed by atoms with E-state index in [1.54, 1.807) is 0 Å². The van der Waals surface area contributed by atoms with E-state index in [9.17, 15) is 13.2 Å². The number of nitrogens with one attached hydrogen (secondary N) is 1. The summed E-state index contributed by atoms with van der Waals surface area (Å²) in [7, 11) is -3.40. The minimum atomic E-state index is -3.40. The summed E-state index contributed by atoms with van der Waals surface area (Å²) in [4.78, 5) is 14.5. The van der Waals surface area contributed by atoms with Gasteiger partial charge in [0.15, 0.2) is 0 Å². The molecule has 1 aliphatic heterocycles. The average Bonchev–Trinajstić information content (AvgIpc) is 3.00. The van der Waals surface area contributed by atoms with Crippen LogP contribution in [0.2, 0.25) is 0 Å². The molecule has 0 unspecified atom stereocenters. The molecular formula is C17H27N3O3S. The maximum Gasteiger partial charge on any atom is 0.239 e. The van der Waals surface area contributed by atoms with Crippen molar-refractivity contribution in [3.8, 4) is 0 Å². The lowest BCUT2D eigenvalue weighted by atomic mass is 10.2. The number of hydrogen-bond acceptors (Lipinski definition) is 4. The molecule has 2 rings (SSSR count). The van der Waals surface area contributed by atoms with E-state index in [-0.39, 0.29) is 18.4 Å². The van der Waals surface area contributed by atoms with Gasteiger partial charge in [-0.05, 0) is 43.0 Å². The summed E-state index contributed by atoms with van der Waals surface area (Å²) in [5.74, 6) is -0.165. The summed E-state index contributed by atoms with van der Waals surface area (Å²) in [6.07, 6.45) is 3.57. The van der Waals surface area contributed by atoms with Crippen LogP contribution in [0.1, 0.15) is 26.7 Å². The minimum absolute atomic E-state index is 0.160. The molecule has 1 saturated heterocycles. The first kappa shape index (κ1) is 18.7. The molecule has 0 aromatic heterocycles. The van der Waals surface area contributed by atoms with Crippen molar-refractivity contribution in [2.75, 3.05) is 42.7 Å². The fraction of sp³-hybridized carbons (Fsp3) is 0.588. The van der Waals surface area contributed by atoms with Gasteiger partial charge in [-0.15, -0.1) is 0 Å². The van der Waals surface area contributed by atoms with Crippen LogP contribution in [0.5, 0.6) is 0 Å². The Balaban J connectivity index is 1.95. The van der Waals surface area contributed by atoms with E-state index in [1.807, 2.05) is 38.1 Å². The van der Waals surface area contributed by atoms with E-state index in [4.69, 9.17) is 0 Å². The maximum atomic E-state index is 12.2. The fourth-order valence-corrected chi connectivity index (χ4v) is 3.74. The van der Waals surface area contributed by atoms with Crippen LogP contribution in [-0.2, 0) is 14.8 Å². The van der Waals surface area contributed by atoms with Crippen molar-refractivity contribution in [1.29, 1.82) is 0 Å². The molecule has 6 nitrogen and oxygen atoms in total. The lowest BCUT2D eigenvalue weighted by molar-refractivity contribution is -0.116. The van der Waals surface area contributed by atoms with E-state index in [1.165, 1.54) is 17.1 Å². The van der Waals surface area contributed by atoms with Gasteiger partial charge < -0.3 is 10.2 Å². The van der Waals surface area contributed by atoms with Crippen LogP contribution in [0.15, 0.2) is 24.3 Å². The van der Waals surface area contributed by atoms with Gasteiger partial charge >= 0.3 is 0 Å². The summed E-state index contributed by atoms with van der Waals surface area (Å²) in [5, 5.41) is 2.77. The number of rotatable bonds is 7. The smallest absolute Gasteiger partial charge is 0.239 e. The minimum Gasteiger partial charge on any atom is -0.372 e. The SMILES string of the molecule is CC(C)CN(CC(=O)Nc1ccc(N2CCCC2)cc1)S(C)(=O)=O. The van der Waals surface area contributed by atoms with Gasteiger partial charge in [-0.25, -0.2) is 8.42 Å². The topological polar surface area (TPSA) is 69.7 Å². The molecule has 1 fully saturated rings. The van der Waals surface area contributed by atoms with Crippen LogP contribution in [0.4, 0.5) is 11.4 Å². The van der Waals surface area contributed by atoms with Crippen molar-refractivity contribution in [2.24, 2.45) is 5.92 Å². The van der Waals surface area contributed by atoms with Crippen LogP contribution < -0.4 is 10.2 Å². The van der Waals surface area contributed by atoms with Gasteiger partial charge in [-0.1, -0.05) is 13.8 Å². The highest BCUT2D eigenvalue weighted by Gasteiger charge is 2.21. The predicted molar refractivity (Wildman–Crippen MR) is 97.8 cm³/mol. The Morgan fingerprint density at radius 3 is 2.29 bits per heavy atom. The molecule has 7 heteroatoms. The van der Waals surface area contributed by atoms with Crippen molar-refractivity contribution >= 4 is 27.3 Å². The number of carbonyl (C=O) groups excluding carboxylic acids is 1. The van der Waals surface area contributed by atoms with Gasteiger partial charge in [0.25, 0.3) is 0 Å². The highest BCUT2D eigenvalue weighted by atomic mass is 32.2. The van der Waals surface area contributed by atoms with Gasteiger partial charge in [0.05, 0.1) is 12.8 Å². The number of hydrogen-bond donors (Lipinski definition) is 1. The van der Waals surface area contributed by atoms with E-state index in [0.717, 1.165) is 25.0 Å². The monoisotopic (exact) mass is 353 g/mol. The zero-order chi connectivity index (χ0) is 17.7. The number of sulfonamides is 1. The summed E-state index contributed by atoms with van der Waals surface area (Å²) >= 11 is 0. The first-order valence-corrected chi connectivity index (χ1v) is 10.2. The summed E-state index contributed by atoms with van der Waals surface area (Å²) in [6.45, 7) is 6.17. The van der Waals surface area contributed by atoms with E-state index in [2.05, 4.69) is 10.2 Å². The van der Waals surface area contributed by atoms with Crippen LogP contribution >= 0.6 is 0 Å². The van der Waals surface area contributed by atoms with Gasteiger partial charge in [0, 0.05) is 31.0 Å². The quantitative estimate of drug-likeness (QED) is 0.815. The molecule has 134 valence electrons. The van der Waals surface area contributed by atoms with Crippen LogP contribution in [0.25, 0.3) is 0 Å². The highest BCUT2D eigenvalue weighted by molar-refractivity contribution is 7.88. The average molecular weight is 353 g/mol. The van der Waals surface area contributed by atoms with Crippen LogP contribution in [-0.4, -0.2) is 51.1 Å². The number of nitrogens with zero attached hydrogens (tertiary/aromatic N) is 2. The molecule has 0 saturated carbocycles. The van der Waals surface area contributed by atoms with Crippen molar-refractivity contribution in [3.63, 3.8) is 0 Å². The number of anilines is 2. The lowest BCUT2D eigenvalue weighted by Gasteiger charge is -2.21. The Hall–Kier alpha value is -1.60. The van der Waals surface area contributed by atoms with E-state index in [0.29, 0.717) is 12.2 Å². The second kappa shape index (κ2) is 7.98. The second-order valence-electron chi connectivity index (χ2n) is 6.74. The Morgan fingerprint density at radius 2 is 1.79 bits per heavy atom. The molecule has 1 heterocycles. The normalized spacial score (nSPS) is 15.3. The Labute approximate surface area is 144 Å². The lowest BCUT2D eigenvalue weighted by Crippen LogP contribution is -2.39. The van der Waals surface area contributed by atoms with Crippen molar-refractivity contribution < 1.29 is 13.2 Å². The molecule has 1 N–H and O–H groups in total. The first-order chi connectivity index (χ1) is 11.3. The zero-order valence-electron chi connectivity index (χ0n) is 14.7. The van der Waals surface area contributed by atoms with Crippen LogP contribution in [0.3, 0.4) is 0 Å². The Morgan fingerprint density at radius 1 is 1.21 bits per heavy atom. The number of benzene rings is 1. The maximum absolute atomic E-state index is 12.2. The Kier molecular flexibility index (Phi) is 6.23. The third kappa shape index (κ3) is 5.49. The fourth-order valence-electron chi connectivity index (χ4n) is 2.82. The van der Waals surface area contributed by atoms with Gasteiger partial charge in [-0.2, -0.15) is 4.31 Å². The molecule has 0 atom stereocenters. The molecule has 0 radical (unpaired) electrons. The van der Waals surface area contributed by atoms with Crippen molar-refractivity contribution in [2.45, 2.75) is 26.7 Å². The molecule has 1 aliphatic rings.